The lowest BCUT2D eigenvalue weighted by atomic mass is 9.94. The van der Waals surface area contributed by atoms with Crippen LogP contribution in [0.5, 0.6) is 0 Å². The maximum atomic E-state index is 10.6. The van der Waals surface area contributed by atoms with Crippen molar-refractivity contribution in [3.05, 3.63) is 24.0 Å². The molecule has 0 saturated carbocycles. The first-order valence-corrected chi connectivity index (χ1v) is 5.59. The Morgan fingerprint density at radius 2 is 2.24 bits per heavy atom. The second kappa shape index (κ2) is 5.63. The molecule has 1 heterocycles. The summed E-state index contributed by atoms with van der Waals surface area (Å²) in [7, 11) is 0. The molecule has 0 amide bonds. The molecule has 1 aromatic rings. The van der Waals surface area contributed by atoms with Gasteiger partial charge in [-0.3, -0.25) is 0 Å². The van der Waals surface area contributed by atoms with Crippen LogP contribution >= 0.6 is 0 Å². The lowest BCUT2D eigenvalue weighted by Gasteiger charge is -2.30. The first-order chi connectivity index (χ1) is 8.00. The van der Waals surface area contributed by atoms with E-state index in [4.69, 9.17) is 10.2 Å². The summed E-state index contributed by atoms with van der Waals surface area (Å²) in [6, 6.07) is 3.14. The maximum Gasteiger partial charge on any atom is 0.354 e. The molecule has 1 unspecified atom stereocenters. The Kier molecular flexibility index (Phi) is 4.45. The van der Waals surface area contributed by atoms with Gasteiger partial charge in [0, 0.05) is 12.1 Å². The zero-order valence-electron chi connectivity index (χ0n) is 10.1. The summed E-state index contributed by atoms with van der Waals surface area (Å²) in [6.07, 6.45) is 2.98. The van der Waals surface area contributed by atoms with Crippen molar-refractivity contribution in [2.75, 3.05) is 11.9 Å². The van der Waals surface area contributed by atoms with Crippen LogP contribution in [0.25, 0.3) is 0 Å². The number of rotatable bonds is 6. The van der Waals surface area contributed by atoms with Crippen LogP contribution in [-0.2, 0) is 0 Å². The van der Waals surface area contributed by atoms with E-state index >= 15 is 0 Å². The summed E-state index contributed by atoms with van der Waals surface area (Å²) in [5.41, 5.74) is 0.574. The van der Waals surface area contributed by atoms with Gasteiger partial charge in [-0.1, -0.05) is 6.92 Å². The molecule has 0 aliphatic carbocycles. The predicted molar refractivity (Wildman–Crippen MR) is 65.2 cm³/mol. The number of carboxylic acids is 1. The molecule has 0 saturated heterocycles. The fraction of sp³-hybridized carbons (Fsp3) is 0.500. The van der Waals surface area contributed by atoms with E-state index in [9.17, 15) is 4.79 Å². The number of aromatic carboxylic acids is 1. The average molecular weight is 238 g/mol. The Labute approximate surface area is 101 Å². The lowest BCUT2D eigenvalue weighted by molar-refractivity contribution is 0.0690. The first-order valence-electron chi connectivity index (χ1n) is 5.59. The number of nitrogens with one attached hydrogen (secondary N) is 1. The van der Waals surface area contributed by atoms with E-state index in [2.05, 4.69) is 10.3 Å². The minimum atomic E-state index is -1.04. The van der Waals surface area contributed by atoms with Crippen LogP contribution in [0.15, 0.2) is 18.3 Å². The summed E-state index contributed by atoms with van der Waals surface area (Å²) >= 11 is 0. The molecule has 1 atom stereocenters. The minimum absolute atomic E-state index is 0.0240. The molecule has 5 heteroatoms. The van der Waals surface area contributed by atoms with E-state index in [1.54, 1.807) is 6.07 Å². The van der Waals surface area contributed by atoms with Gasteiger partial charge in [-0.25, -0.2) is 9.78 Å². The number of nitrogens with zero attached hydrogens (tertiary/aromatic N) is 1. The van der Waals surface area contributed by atoms with Crippen molar-refractivity contribution in [2.45, 2.75) is 32.2 Å². The number of aliphatic hydroxyl groups excluding tert-OH is 1. The van der Waals surface area contributed by atoms with Gasteiger partial charge in [0.2, 0.25) is 0 Å². The second-order valence-electron chi connectivity index (χ2n) is 4.25. The van der Waals surface area contributed by atoms with Crippen LogP contribution < -0.4 is 5.32 Å². The van der Waals surface area contributed by atoms with Crippen LogP contribution in [0, 0.1) is 0 Å². The van der Waals surface area contributed by atoms with E-state index in [1.165, 1.54) is 12.3 Å². The molecule has 0 fully saturated rings. The van der Waals surface area contributed by atoms with Gasteiger partial charge >= 0.3 is 5.97 Å². The van der Waals surface area contributed by atoms with Gasteiger partial charge in [-0.15, -0.1) is 0 Å². The zero-order valence-corrected chi connectivity index (χ0v) is 10.1. The Morgan fingerprint density at radius 3 is 2.65 bits per heavy atom. The molecule has 1 aromatic heterocycles. The van der Waals surface area contributed by atoms with Crippen molar-refractivity contribution in [3.63, 3.8) is 0 Å². The summed E-state index contributed by atoms with van der Waals surface area (Å²) < 4.78 is 0. The highest BCUT2D eigenvalue weighted by Crippen LogP contribution is 2.21. The molecule has 94 valence electrons. The van der Waals surface area contributed by atoms with E-state index in [0.717, 1.165) is 12.1 Å². The molecule has 0 spiro atoms. The zero-order chi connectivity index (χ0) is 12.9. The summed E-state index contributed by atoms with van der Waals surface area (Å²) in [5, 5.41) is 21.0. The van der Waals surface area contributed by atoms with E-state index in [-0.39, 0.29) is 17.8 Å². The van der Waals surface area contributed by atoms with Gasteiger partial charge in [0.1, 0.15) is 5.69 Å². The topological polar surface area (TPSA) is 82.5 Å². The minimum Gasteiger partial charge on any atom is -0.477 e. The van der Waals surface area contributed by atoms with Crippen LogP contribution in [0.4, 0.5) is 5.69 Å². The van der Waals surface area contributed by atoms with Crippen molar-refractivity contribution in [1.29, 1.82) is 0 Å². The molecule has 1 rings (SSSR count). The van der Waals surface area contributed by atoms with Gasteiger partial charge in [-0.2, -0.15) is 0 Å². The molecule has 0 radical (unpaired) electrons. The quantitative estimate of drug-likeness (QED) is 0.703. The standard InChI is InChI=1S/C12H18N2O3/c1-3-12(2,6-7-15)14-9-4-5-10(11(16)17)13-8-9/h4-5,8,14-15H,3,6-7H2,1-2H3,(H,16,17). The normalized spacial score (nSPS) is 14.1. The fourth-order valence-corrected chi connectivity index (χ4v) is 1.52. The number of carbonyl (C=O) groups is 1. The highest BCUT2D eigenvalue weighted by molar-refractivity contribution is 5.85. The second-order valence-corrected chi connectivity index (χ2v) is 4.25. The number of aliphatic hydroxyl groups is 1. The Bertz CT molecular complexity index is 378. The monoisotopic (exact) mass is 238 g/mol. The number of pyridine rings is 1. The molecule has 0 aliphatic heterocycles. The third kappa shape index (κ3) is 3.71. The van der Waals surface area contributed by atoms with Gasteiger partial charge in [0.25, 0.3) is 0 Å². The summed E-state index contributed by atoms with van der Waals surface area (Å²) in [4.78, 5) is 14.5. The smallest absolute Gasteiger partial charge is 0.354 e. The van der Waals surface area contributed by atoms with E-state index < -0.39 is 5.97 Å². The Morgan fingerprint density at radius 1 is 1.53 bits per heavy atom. The number of anilines is 1. The average Bonchev–Trinajstić information content (AvgIpc) is 2.30. The van der Waals surface area contributed by atoms with Crippen LogP contribution in [0.3, 0.4) is 0 Å². The third-order valence-electron chi connectivity index (χ3n) is 2.87. The van der Waals surface area contributed by atoms with Crippen molar-refractivity contribution in [1.82, 2.24) is 4.98 Å². The number of hydrogen-bond acceptors (Lipinski definition) is 4. The fourth-order valence-electron chi connectivity index (χ4n) is 1.52. The summed E-state index contributed by atoms with van der Waals surface area (Å²) in [6.45, 7) is 4.15. The molecule has 0 bridgehead atoms. The van der Waals surface area contributed by atoms with E-state index in [1.807, 2.05) is 13.8 Å². The van der Waals surface area contributed by atoms with E-state index in [0.29, 0.717) is 6.42 Å². The van der Waals surface area contributed by atoms with Crippen molar-refractivity contribution < 1.29 is 15.0 Å². The third-order valence-corrected chi connectivity index (χ3v) is 2.87. The lowest BCUT2D eigenvalue weighted by Crippen LogP contribution is -2.35. The highest BCUT2D eigenvalue weighted by atomic mass is 16.4. The molecular weight excluding hydrogens is 220 g/mol. The van der Waals surface area contributed by atoms with Crippen LogP contribution in [0.1, 0.15) is 37.2 Å². The van der Waals surface area contributed by atoms with Crippen molar-refractivity contribution in [3.8, 4) is 0 Å². The number of aromatic nitrogens is 1. The largest absolute Gasteiger partial charge is 0.477 e. The first kappa shape index (κ1) is 13.4. The van der Waals surface area contributed by atoms with Gasteiger partial charge in [0.15, 0.2) is 0 Å². The van der Waals surface area contributed by atoms with Gasteiger partial charge in [0.05, 0.1) is 11.9 Å². The Hall–Kier alpha value is -1.62. The molecule has 5 nitrogen and oxygen atoms in total. The number of carboxylic acid groups (broad SMARTS) is 1. The highest BCUT2D eigenvalue weighted by Gasteiger charge is 2.21. The maximum absolute atomic E-state index is 10.6. The van der Waals surface area contributed by atoms with Gasteiger partial charge in [-0.05, 0) is 31.9 Å². The summed E-state index contributed by atoms with van der Waals surface area (Å²) in [5.74, 6) is -1.04. The Balaban J connectivity index is 2.77. The molecular formula is C12H18N2O3. The van der Waals surface area contributed by atoms with Gasteiger partial charge < -0.3 is 15.5 Å². The van der Waals surface area contributed by atoms with Crippen LogP contribution in [0.2, 0.25) is 0 Å². The SMILES string of the molecule is CCC(C)(CCO)Nc1ccc(C(=O)O)nc1. The van der Waals surface area contributed by atoms with Crippen molar-refractivity contribution in [2.24, 2.45) is 0 Å². The molecule has 3 N–H and O–H groups in total. The molecule has 0 aromatic carbocycles. The van der Waals surface area contributed by atoms with Crippen LogP contribution in [-0.4, -0.2) is 33.3 Å². The molecule has 0 aliphatic rings. The number of hydrogen-bond donors (Lipinski definition) is 3. The molecule has 17 heavy (non-hydrogen) atoms. The van der Waals surface area contributed by atoms with Crippen molar-refractivity contribution >= 4 is 11.7 Å². The predicted octanol–water partition coefficient (Wildman–Crippen LogP) is 1.74.